The van der Waals surface area contributed by atoms with Crippen LogP contribution in [0.4, 0.5) is 0 Å². The molecule has 8 heteroatoms. The number of guanidine groups is 1. The SMILES string of the molecule is CN(C)CCNC(N)=NN.Cl.Cl.Cl. The zero-order valence-corrected chi connectivity index (χ0v) is 10.1. The third-order valence-electron chi connectivity index (χ3n) is 1.00. The molecule has 0 saturated heterocycles. The van der Waals surface area contributed by atoms with Gasteiger partial charge in [-0.15, -0.1) is 42.3 Å². The average Bonchev–Trinajstić information content (AvgIpc) is 1.87. The van der Waals surface area contributed by atoms with Gasteiger partial charge in [-0.2, -0.15) is 0 Å². The second-order valence-electron chi connectivity index (χ2n) is 2.24. The van der Waals surface area contributed by atoms with Gasteiger partial charge in [0.25, 0.3) is 0 Å². The molecule has 0 atom stereocenters. The van der Waals surface area contributed by atoms with E-state index in [1.54, 1.807) is 0 Å². The fourth-order valence-electron chi connectivity index (χ4n) is 0.453. The number of nitrogens with one attached hydrogen (secondary N) is 1. The molecule has 0 aliphatic rings. The van der Waals surface area contributed by atoms with Crippen LogP contribution in [-0.4, -0.2) is 38.0 Å². The summed E-state index contributed by atoms with van der Waals surface area (Å²) in [5.41, 5.74) is 5.25. The highest BCUT2D eigenvalue weighted by molar-refractivity contribution is 5.86. The maximum Gasteiger partial charge on any atom is 0.210 e. The van der Waals surface area contributed by atoms with Crippen molar-refractivity contribution in [2.45, 2.75) is 0 Å². The number of hydrazone groups is 1. The molecule has 5 N–H and O–H groups in total. The van der Waals surface area contributed by atoms with Gasteiger partial charge in [-0.1, -0.05) is 0 Å². The molecule has 0 spiro atoms. The van der Waals surface area contributed by atoms with Crippen molar-refractivity contribution < 1.29 is 0 Å². The summed E-state index contributed by atoms with van der Waals surface area (Å²) in [5.74, 6) is 5.16. The van der Waals surface area contributed by atoms with E-state index < -0.39 is 0 Å². The molecule has 0 aliphatic carbocycles. The smallest absolute Gasteiger partial charge is 0.210 e. The van der Waals surface area contributed by atoms with Crippen LogP contribution < -0.4 is 16.9 Å². The van der Waals surface area contributed by atoms with Crippen LogP contribution in [0.5, 0.6) is 0 Å². The lowest BCUT2D eigenvalue weighted by Crippen LogP contribution is -2.37. The molecular formula is C5H18Cl3N5. The topological polar surface area (TPSA) is 79.7 Å². The molecule has 0 aromatic rings. The van der Waals surface area contributed by atoms with E-state index in [4.69, 9.17) is 11.6 Å². The van der Waals surface area contributed by atoms with Gasteiger partial charge in [-0.3, -0.25) is 0 Å². The second kappa shape index (κ2) is 14.4. The van der Waals surface area contributed by atoms with E-state index in [2.05, 4.69) is 10.4 Å². The van der Waals surface area contributed by atoms with Crippen molar-refractivity contribution in [3.05, 3.63) is 0 Å². The molecule has 0 unspecified atom stereocenters. The minimum absolute atomic E-state index is 0. The maximum atomic E-state index is 5.25. The van der Waals surface area contributed by atoms with Crippen molar-refractivity contribution >= 4 is 43.2 Å². The molecule has 0 aromatic carbocycles. The summed E-state index contributed by atoms with van der Waals surface area (Å²) in [5, 5.41) is 6.07. The number of likely N-dealkylation sites (N-methyl/N-ethyl adjacent to an activating group) is 1. The first kappa shape index (κ1) is 23.1. The number of nitrogens with zero attached hydrogens (tertiary/aromatic N) is 2. The minimum Gasteiger partial charge on any atom is -0.368 e. The molecule has 0 amide bonds. The summed E-state index contributed by atoms with van der Waals surface area (Å²) in [6, 6.07) is 0. The van der Waals surface area contributed by atoms with Crippen molar-refractivity contribution in [2.75, 3.05) is 27.2 Å². The molecule has 0 heterocycles. The summed E-state index contributed by atoms with van der Waals surface area (Å²) in [6.07, 6.45) is 0. The van der Waals surface area contributed by atoms with E-state index >= 15 is 0 Å². The van der Waals surface area contributed by atoms with Gasteiger partial charge >= 0.3 is 0 Å². The second-order valence-corrected chi connectivity index (χ2v) is 2.24. The quantitative estimate of drug-likeness (QED) is 0.277. The summed E-state index contributed by atoms with van der Waals surface area (Å²) < 4.78 is 0. The molecule has 0 saturated carbocycles. The van der Waals surface area contributed by atoms with Gasteiger partial charge in [0.15, 0.2) is 0 Å². The van der Waals surface area contributed by atoms with Crippen LogP contribution in [0.2, 0.25) is 0 Å². The van der Waals surface area contributed by atoms with E-state index in [-0.39, 0.29) is 43.2 Å². The number of hydrogen-bond acceptors (Lipinski definition) is 3. The molecule has 84 valence electrons. The Balaban J connectivity index is -0.000000135. The molecule has 5 nitrogen and oxygen atoms in total. The van der Waals surface area contributed by atoms with Gasteiger partial charge in [-0.05, 0) is 14.1 Å². The van der Waals surface area contributed by atoms with Crippen LogP contribution in [0.1, 0.15) is 0 Å². The van der Waals surface area contributed by atoms with E-state index in [1.165, 1.54) is 0 Å². The average molecular weight is 255 g/mol. The number of nitrogens with two attached hydrogens (primary N) is 2. The summed E-state index contributed by atoms with van der Waals surface area (Å²) in [6.45, 7) is 1.68. The van der Waals surface area contributed by atoms with E-state index in [1.807, 2.05) is 19.0 Å². The minimum atomic E-state index is 0. The summed E-state index contributed by atoms with van der Waals surface area (Å²) in [4.78, 5) is 2.04. The number of halogens is 3. The Kier molecular flexibility index (Phi) is 25.6. The van der Waals surface area contributed by atoms with Crippen LogP contribution in [0.15, 0.2) is 5.10 Å². The largest absolute Gasteiger partial charge is 0.368 e. The molecular weight excluding hydrogens is 236 g/mol. The van der Waals surface area contributed by atoms with Crippen molar-refractivity contribution in [1.29, 1.82) is 0 Å². The molecule has 0 fully saturated rings. The van der Waals surface area contributed by atoms with Crippen LogP contribution in [0, 0.1) is 0 Å². The predicted molar refractivity (Wildman–Crippen MR) is 64.1 cm³/mol. The fraction of sp³-hybridized carbons (Fsp3) is 0.800. The lowest BCUT2D eigenvalue weighted by molar-refractivity contribution is 0.412. The summed E-state index contributed by atoms with van der Waals surface area (Å²) in [7, 11) is 3.97. The predicted octanol–water partition coefficient (Wildman–Crippen LogP) is -0.409. The van der Waals surface area contributed by atoms with Crippen LogP contribution in [0.3, 0.4) is 0 Å². The molecule has 0 radical (unpaired) electrons. The maximum absolute atomic E-state index is 5.25. The lowest BCUT2D eigenvalue weighted by atomic mass is 10.6. The van der Waals surface area contributed by atoms with Crippen LogP contribution in [0.25, 0.3) is 0 Å². The zero-order chi connectivity index (χ0) is 7.98. The Hall–Kier alpha value is -0.100. The van der Waals surface area contributed by atoms with Gasteiger partial charge in [-0.25, -0.2) is 0 Å². The first-order valence-corrected chi connectivity index (χ1v) is 3.08. The number of rotatable bonds is 3. The molecule has 0 rings (SSSR count). The zero-order valence-electron chi connectivity index (χ0n) is 7.69. The van der Waals surface area contributed by atoms with Gasteiger partial charge in [0.1, 0.15) is 0 Å². The van der Waals surface area contributed by atoms with Crippen LogP contribution in [-0.2, 0) is 0 Å². The summed E-state index contributed by atoms with van der Waals surface area (Å²) >= 11 is 0. The Labute approximate surface area is 97.5 Å². The molecule has 13 heavy (non-hydrogen) atoms. The Bertz CT molecular complexity index is 119. The molecule has 0 bridgehead atoms. The standard InChI is InChI=1S/C5H15N5.3ClH/c1-10(2)4-3-8-5(6)9-7;;;/h3-4,7H2,1-2H3,(H3,6,8,9);3*1H. The van der Waals surface area contributed by atoms with Crippen molar-refractivity contribution in [1.82, 2.24) is 10.2 Å². The Morgan fingerprint density at radius 3 is 2.08 bits per heavy atom. The van der Waals surface area contributed by atoms with Gasteiger partial charge in [0, 0.05) is 13.1 Å². The highest BCUT2D eigenvalue weighted by Crippen LogP contribution is 1.69. The Morgan fingerprint density at radius 1 is 1.31 bits per heavy atom. The third kappa shape index (κ3) is 18.7. The highest BCUT2D eigenvalue weighted by Gasteiger charge is 1.90. The van der Waals surface area contributed by atoms with Crippen molar-refractivity contribution in [2.24, 2.45) is 16.7 Å². The molecule has 0 aliphatic heterocycles. The van der Waals surface area contributed by atoms with Gasteiger partial charge in [0.2, 0.25) is 5.96 Å². The monoisotopic (exact) mass is 253 g/mol. The van der Waals surface area contributed by atoms with Crippen molar-refractivity contribution in [3.8, 4) is 0 Å². The first-order valence-electron chi connectivity index (χ1n) is 3.08. The van der Waals surface area contributed by atoms with Crippen LogP contribution >= 0.6 is 37.2 Å². The van der Waals surface area contributed by atoms with E-state index in [9.17, 15) is 0 Å². The number of hydrogen-bond donors (Lipinski definition) is 3. The fourth-order valence-corrected chi connectivity index (χ4v) is 0.453. The van der Waals surface area contributed by atoms with Gasteiger partial charge in [0.05, 0.1) is 0 Å². The van der Waals surface area contributed by atoms with E-state index in [0.29, 0.717) is 0 Å². The van der Waals surface area contributed by atoms with Gasteiger partial charge < -0.3 is 21.8 Å². The lowest BCUT2D eigenvalue weighted by Gasteiger charge is -2.09. The van der Waals surface area contributed by atoms with Crippen molar-refractivity contribution in [3.63, 3.8) is 0 Å². The first-order chi connectivity index (χ1) is 4.66. The normalized spacial score (nSPS) is 9.31. The third-order valence-corrected chi connectivity index (χ3v) is 1.00. The Morgan fingerprint density at radius 2 is 1.77 bits per heavy atom. The molecule has 0 aromatic heterocycles. The van der Waals surface area contributed by atoms with E-state index in [0.717, 1.165) is 13.1 Å². The highest BCUT2D eigenvalue weighted by atomic mass is 35.5.